The van der Waals surface area contributed by atoms with Gasteiger partial charge in [-0.2, -0.15) is 0 Å². The Bertz CT molecular complexity index is 1360. The Labute approximate surface area is 179 Å². The van der Waals surface area contributed by atoms with Gasteiger partial charge in [-0.15, -0.1) is 4.31 Å². The summed E-state index contributed by atoms with van der Waals surface area (Å²) in [6.07, 6.45) is 0.496. The van der Waals surface area contributed by atoms with Gasteiger partial charge < -0.3 is 14.6 Å². The highest BCUT2D eigenvalue weighted by atomic mass is 32.2. The number of nitrogens with zero attached hydrogens (tertiary/aromatic N) is 2. The molecule has 3 amide bonds. The van der Waals surface area contributed by atoms with E-state index < -0.39 is 27.5 Å². The first-order chi connectivity index (χ1) is 14.7. The van der Waals surface area contributed by atoms with Gasteiger partial charge >= 0.3 is 6.03 Å². The number of sulfonamides is 1. The number of hydrogen-bond acceptors (Lipinski definition) is 5. The number of imide groups is 1. The molecular formula is C22H21N3O5S. The number of methoxy groups -OCH3 is 1. The fourth-order valence-electron chi connectivity index (χ4n) is 4.54. The zero-order valence-corrected chi connectivity index (χ0v) is 18.1. The minimum atomic E-state index is -4.33. The Balaban J connectivity index is 1.66. The largest absolute Gasteiger partial charge is 0.497 e. The molecule has 5 rings (SSSR count). The van der Waals surface area contributed by atoms with Crippen LogP contribution in [0, 0.1) is 6.92 Å². The summed E-state index contributed by atoms with van der Waals surface area (Å²) < 4.78 is 32.2. The third-order valence-electron chi connectivity index (χ3n) is 6.29. The molecule has 1 saturated heterocycles. The van der Waals surface area contributed by atoms with E-state index in [2.05, 4.69) is 4.98 Å². The number of amides is 3. The molecule has 2 aromatic carbocycles. The lowest BCUT2D eigenvalue weighted by molar-refractivity contribution is -0.130. The first kappa shape index (κ1) is 19.6. The molecule has 0 spiro atoms. The highest BCUT2D eigenvalue weighted by molar-refractivity contribution is 7.90. The lowest BCUT2D eigenvalue weighted by atomic mass is 9.87. The Morgan fingerprint density at radius 1 is 1.10 bits per heavy atom. The van der Waals surface area contributed by atoms with Gasteiger partial charge in [0, 0.05) is 17.4 Å². The fourth-order valence-corrected chi connectivity index (χ4v) is 5.93. The standard InChI is InChI=1S/C22H21N3O5S/c1-13-4-7-15(8-5-13)31(28,29)25-20(26)22(2)19-16(10-11-24(22)21(25)27)17-12-14(30-3)6-9-18(17)23-19/h4-9,12,23H,10-11H2,1-3H3. The van der Waals surface area contributed by atoms with Crippen LogP contribution in [0.5, 0.6) is 5.75 Å². The van der Waals surface area contributed by atoms with Crippen LogP contribution in [0.2, 0.25) is 0 Å². The average Bonchev–Trinajstić information content (AvgIpc) is 3.21. The molecule has 1 N–H and O–H groups in total. The number of aryl methyl sites for hydroxylation is 1. The Morgan fingerprint density at radius 3 is 2.48 bits per heavy atom. The highest BCUT2D eigenvalue weighted by Gasteiger charge is 2.62. The Morgan fingerprint density at radius 2 is 1.81 bits per heavy atom. The van der Waals surface area contributed by atoms with E-state index in [1.165, 1.54) is 17.0 Å². The van der Waals surface area contributed by atoms with E-state index in [0.717, 1.165) is 22.0 Å². The van der Waals surface area contributed by atoms with Crippen molar-refractivity contribution in [2.45, 2.75) is 30.7 Å². The van der Waals surface area contributed by atoms with Gasteiger partial charge in [-0.1, -0.05) is 17.7 Å². The Hall–Kier alpha value is -3.33. The second-order valence-electron chi connectivity index (χ2n) is 8.03. The number of aromatic nitrogens is 1. The van der Waals surface area contributed by atoms with Crippen LogP contribution in [0.4, 0.5) is 4.79 Å². The number of urea groups is 1. The van der Waals surface area contributed by atoms with Crippen molar-refractivity contribution < 1.29 is 22.7 Å². The number of ether oxygens (including phenoxy) is 1. The van der Waals surface area contributed by atoms with Crippen LogP contribution in [0.3, 0.4) is 0 Å². The van der Waals surface area contributed by atoms with Crippen LogP contribution in [-0.4, -0.2) is 48.2 Å². The maximum Gasteiger partial charge on any atom is 0.342 e. The molecule has 8 nitrogen and oxygen atoms in total. The summed E-state index contributed by atoms with van der Waals surface area (Å²) in [5.74, 6) is -0.100. The number of fused-ring (bicyclic) bond motifs is 5. The van der Waals surface area contributed by atoms with Gasteiger partial charge in [0.25, 0.3) is 15.9 Å². The minimum Gasteiger partial charge on any atom is -0.497 e. The van der Waals surface area contributed by atoms with Crippen molar-refractivity contribution >= 4 is 32.9 Å². The number of carbonyl (C=O) groups is 2. The fraction of sp³-hybridized carbons (Fsp3) is 0.273. The first-order valence-corrected chi connectivity index (χ1v) is 11.3. The topological polar surface area (TPSA) is 99.8 Å². The van der Waals surface area contributed by atoms with Gasteiger partial charge in [-0.25, -0.2) is 13.2 Å². The van der Waals surface area contributed by atoms with Gasteiger partial charge in [0.05, 0.1) is 17.7 Å². The van der Waals surface area contributed by atoms with Crippen LogP contribution in [0.25, 0.3) is 10.9 Å². The van der Waals surface area contributed by atoms with Crippen molar-refractivity contribution in [3.05, 3.63) is 59.3 Å². The summed E-state index contributed by atoms with van der Waals surface area (Å²) >= 11 is 0. The molecule has 0 saturated carbocycles. The predicted octanol–water partition coefficient (Wildman–Crippen LogP) is 2.91. The van der Waals surface area contributed by atoms with E-state index in [1.54, 1.807) is 32.2 Å². The predicted molar refractivity (Wildman–Crippen MR) is 113 cm³/mol. The smallest absolute Gasteiger partial charge is 0.342 e. The normalized spacial score (nSPS) is 20.9. The molecule has 2 aliphatic rings. The molecule has 1 atom stereocenters. The molecule has 9 heteroatoms. The molecule has 3 aromatic rings. The molecule has 3 heterocycles. The van der Waals surface area contributed by atoms with Gasteiger partial charge in [0.2, 0.25) is 0 Å². The Kier molecular flexibility index (Phi) is 4.01. The highest BCUT2D eigenvalue weighted by Crippen LogP contribution is 2.45. The summed E-state index contributed by atoms with van der Waals surface area (Å²) in [6.45, 7) is 3.66. The van der Waals surface area contributed by atoms with Crippen LogP contribution >= 0.6 is 0 Å². The molecular weight excluding hydrogens is 418 g/mol. The van der Waals surface area contributed by atoms with Crippen LogP contribution < -0.4 is 4.74 Å². The van der Waals surface area contributed by atoms with Crippen molar-refractivity contribution in [3.63, 3.8) is 0 Å². The molecule has 1 aromatic heterocycles. The van der Waals surface area contributed by atoms with Crippen LogP contribution in [-0.2, 0) is 26.8 Å². The molecule has 1 unspecified atom stereocenters. The molecule has 0 radical (unpaired) electrons. The quantitative estimate of drug-likeness (QED) is 0.633. The van der Waals surface area contributed by atoms with Crippen molar-refractivity contribution in [3.8, 4) is 5.75 Å². The first-order valence-electron chi connectivity index (χ1n) is 9.86. The third-order valence-corrected chi connectivity index (χ3v) is 7.96. The SMILES string of the molecule is COc1ccc2[nH]c3c(c2c1)CCN1C(=O)N(S(=O)(=O)c2ccc(C)cc2)C(=O)C31C. The number of H-pyrrole nitrogens is 1. The number of aromatic amines is 1. The van der Waals surface area contributed by atoms with E-state index in [-0.39, 0.29) is 11.4 Å². The maximum absolute atomic E-state index is 13.6. The zero-order valence-electron chi connectivity index (χ0n) is 17.3. The zero-order chi connectivity index (χ0) is 22.1. The number of carbonyl (C=O) groups excluding carboxylic acids is 2. The monoisotopic (exact) mass is 439 g/mol. The van der Waals surface area contributed by atoms with E-state index in [1.807, 2.05) is 19.1 Å². The lowest BCUT2D eigenvalue weighted by Crippen LogP contribution is -2.49. The summed E-state index contributed by atoms with van der Waals surface area (Å²) in [5.41, 5.74) is 1.68. The number of hydrogen-bond donors (Lipinski definition) is 1. The van der Waals surface area contributed by atoms with E-state index in [0.29, 0.717) is 22.2 Å². The number of rotatable bonds is 3. The summed E-state index contributed by atoms with van der Waals surface area (Å²) in [7, 11) is -2.76. The molecule has 1 fully saturated rings. The maximum atomic E-state index is 13.6. The lowest BCUT2D eigenvalue weighted by Gasteiger charge is -2.35. The van der Waals surface area contributed by atoms with E-state index >= 15 is 0 Å². The minimum absolute atomic E-state index is 0.0927. The van der Waals surface area contributed by atoms with Crippen LogP contribution in [0.15, 0.2) is 47.4 Å². The second kappa shape index (κ2) is 6.34. The van der Waals surface area contributed by atoms with E-state index in [4.69, 9.17) is 4.74 Å². The summed E-state index contributed by atoms with van der Waals surface area (Å²) in [4.78, 5) is 31.3. The molecule has 2 aliphatic heterocycles. The molecule has 160 valence electrons. The van der Waals surface area contributed by atoms with Crippen LogP contribution in [0.1, 0.15) is 23.7 Å². The third kappa shape index (κ3) is 2.49. The summed E-state index contributed by atoms with van der Waals surface area (Å²) in [5, 5.41) is 0.898. The van der Waals surface area contributed by atoms with E-state index in [9.17, 15) is 18.0 Å². The molecule has 0 bridgehead atoms. The molecule has 31 heavy (non-hydrogen) atoms. The molecule has 0 aliphatic carbocycles. The van der Waals surface area contributed by atoms with Gasteiger partial charge in [-0.05, 0) is 56.2 Å². The number of benzene rings is 2. The van der Waals surface area contributed by atoms with Crippen molar-refractivity contribution in [2.75, 3.05) is 13.7 Å². The number of nitrogens with one attached hydrogen (secondary N) is 1. The van der Waals surface area contributed by atoms with Gasteiger partial charge in [0.1, 0.15) is 5.75 Å². The average molecular weight is 439 g/mol. The van der Waals surface area contributed by atoms with Gasteiger partial charge in [0.15, 0.2) is 5.54 Å². The van der Waals surface area contributed by atoms with Crippen molar-refractivity contribution in [1.29, 1.82) is 0 Å². The summed E-state index contributed by atoms with van der Waals surface area (Å²) in [6, 6.07) is 10.8. The van der Waals surface area contributed by atoms with Gasteiger partial charge in [-0.3, -0.25) is 4.79 Å². The van der Waals surface area contributed by atoms with Crippen molar-refractivity contribution in [1.82, 2.24) is 14.2 Å². The second-order valence-corrected chi connectivity index (χ2v) is 9.82. The van der Waals surface area contributed by atoms with Crippen molar-refractivity contribution in [2.24, 2.45) is 0 Å².